The number of rotatable bonds is 6. The van der Waals surface area contributed by atoms with Gasteiger partial charge in [-0.15, -0.1) is 11.3 Å². The van der Waals surface area contributed by atoms with Crippen LogP contribution >= 0.6 is 33.9 Å². The van der Waals surface area contributed by atoms with Gasteiger partial charge in [0.2, 0.25) is 0 Å². The third kappa shape index (κ3) is 5.12. The van der Waals surface area contributed by atoms with Gasteiger partial charge in [0.1, 0.15) is 12.4 Å². The Morgan fingerprint density at radius 1 is 1.21 bits per heavy atom. The Bertz CT molecular complexity index is 524. The summed E-state index contributed by atoms with van der Waals surface area (Å²) in [6.07, 6.45) is 0. The largest absolute Gasteiger partial charge is 0.488 e. The first-order valence-corrected chi connectivity index (χ1v) is 8.22. The highest BCUT2D eigenvalue weighted by molar-refractivity contribution is 14.1. The fraction of sp³-hybridized carbons (Fsp3) is 0.333. The predicted molar refractivity (Wildman–Crippen MR) is 89.8 cm³/mol. The standard InChI is InChI=1S/C15H18INOS/c1-11(2)17-9-14-6-7-15(19-14)10-18-13-5-3-4-12(16)8-13/h3-8,11,17H,9-10H2,1-2H3. The van der Waals surface area contributed by atoms with Crippen molar-refractivity contribution in [2.24, 2.45) is 0 Å². The van der Waals surface area contributed by atoms with Crippen LogP contribution in [0.1, 0.15) is 23.6 Å². The van der Waals surface area contributed by atoms with E-state index in [0.29, 0.717) is 12.6 Å². The minimum atomic E-state index is 0.521. The number of hydrogen-bond donors (Lipinski definition) is 1. The van der Waals surface area contributed by atoms with E-state index in [0.717, 1.165) is 12.3 Å². The molecule has 0 unspecified atom stereocenters. The molecule has 2 nitrogen and oxygen atoms in total. The van der Waals surface area contributed by atoms with E-state index < -0.39 is 0 Å². The molecule has 1 aromatic carbocycles. The summed E-state index contributed by atoms with van der Waals surface area (Å²) in [5.41, 5.74) is 0. The molecule has 0 aliphatic rings. The monoisotopic (exact) mass is 387 g/mol. The lowest BCUT2D eigenvalue weighted by Gasteiger charge is -2.06. The molecule has 0 saturated heterocycles. The van der Waals surface area contributed by atoms with Gasteiger partial charge in [0.05, 0.1) is 0 Å². The maximum absolute atomic E-state index is 5.80. The van der Waals surface area contributed by atoms with Gasteiger partial charge in [-0.25, -0.2) is 0 Å². The number of benzene rings is 1. The van der Waals surface area contributed by atoms with Crippen LogP contribution in [0.5, 0.6) is 5.75 Å². The van der Waals surface area contributed by atoms with Crippen molar-refractivity contribution >= 4 is 33.9 Å². The Balaban J connectivity index is 1.86. The molecular weight excluding hydrogens is 369 g/mol. The second kappa shape index (κ2) is 7.26. The molecule has 102 valence electrons. The molecule has 0 aliphatic heterocycles. The number of ether oxygens (including phenoxy) is 1. The van der Waals surface area contributed by atoms with Gasteiger partial charge in [-0.05, 0) is 52.9 Å². The van der Waals surface area contributed by atoms with Crippen molar-refractivity contribution in [3.05, 3.63) is 49.7 Å². The molecule has 4 heteroatoms. The zero-order chi connectivity index (χ0) is 13.7. The summed E-state index contributed by atoms with van der Waals surface area (Å²) in [7, 11) is 0. The Morgan fingerprint density at radius 2 is 2.00 bits per heavy atom. The molecule has 0 atom stereocenters. The summed E-state index contributed by atoms with van der Waals surface area (Å²) in [4.78, 5) is 2.62. The summed E-state index contributed by atoms with van der Waals surface area (Å²) in [6.45, 7) is 5.90. The highest BCUT2D eigenvalue weighted by atomic mass is 127. The molecular formula is C15H18INOS. The van der Waals surface area contributed by atoms with Gasteiger partial charge >= 0.3 is 0 Å². The molecule has 0 amide bonds. The van der Waals surface area contributed by atoms with Crippen molar-refractivity contribution < 1.29 is 4.74 Å². The quantitative estimate of drug-likeness (QED) is 0.741. The van der Waals surface area contributed by atoms with Gasteiger partial charge in [0.25, 0.3) is 0 Å². The second-order valence-corrected chi connectivity index (χ2v) is 7.15. The highest BCUT2D eigenvalue weighted by Crippen LogP contribution is 2.20. The lowest BCUT2D eigenvalue weighted by atomic mass is 10.3. The van der Waals surface area contributed by atoms with Crippen molar-refractivity contribution in [2.45, 2.75) is 33.0 Å². The minimum Gasteiger partial charge on any atom is -0.488 e. The van der Waals surface area contributed by atoms with Crippen LogP contribution in [-0.2, 0) is 13.2 Å². The number of halogens is 1. The number of hydrogen-bond acceptors (Lipinski definition) is 3. The zero-order valence-electron chi connectivity index (χ0n) is 11.2. The van der Waals surface area contributed by atoms with Gasteiger partial charge in [-0.2, -0.15) is 0 Å². The molecule has 0 aliphatic carbocycles. The molecule has 2 aromatic rings. The van der Waals surface area contributed by atoms with Gasteiger partial charge < -0.3 is 10.1 Å². The van der Waals surface area contributed by atoms with E-state index in [2.05, 4.69) is 66.0 Å². The van der Waals surface area contributed by atoms with E-state index in [1.807, 2.05) is 23.5 Å². The first-order valence-electron chi connectivity index (χ1n) is 6.33. The van der Waals surface area contributed by atoms with Crippen molar-refractivity contribution in [2.75, 3.05) is 0 Å². The normalized spacial score (nSPS) is 10.9. The van der Waals surface area contributed by atoms with Crippen molar-refractivity contribution in [1.82, 2.24) is 5.32 Å². The summed E-state index contributed by atoms with van der Waals surface area (Å²) >= 11 is 4.10. The van der Waals surface area contributed by atoms with E-state index in [1.165, 1.54) is 13.3 Å². The van der Waals surface area contributed by atoms with Gasteiger partial charge in [-0.1, -0.05) is 19.9 Å². The molecule has 0 spiro atoms. The average molecular weight is 387 g/mol. The van der Waals surface area contributed by atoms with Crippen LogP contribution in [0.3, 0.4) is 0 Å². The Hall–Kier alpha value is -0.590. The number of thiophene rings is 1. The van der Waals surface area contributed by atoms with Crippen molar-refractivity contribution in [1.29, 1.82) is 0 Å². The second-order valence-electron chi connectivity index (χ2n) is 4.65. The fourth-order valence-corrected chi connectivity index (χ4v) is 3.01. The van der Waals surface area contributed by atoms with Crippen LogP contribution in [0.25, 0.3) is 0 Å². The summed E-state index contributed by atoms with van der Waals surface area (Å²) in [5, 5.41) is 3.42. The van der Waals surface area contributed by atoms with Crippen LogP contribution in [0.15, 0.2) is 36.4 Å². The van der Waals surface area contributed by atoms with Crippen molar-refractivity contribution in [3.8, 4) is 5.75 Å². The maximum Gasteiger partial charge on any atom is 0.122 e. The molecule has 2 rings (SSSR count). The smallest absolute Gasteiger partial charge is 0.122 e. The fourth-order valence-electron chi connectivity index (χ4n) is 1.61. The third-order valence-corrected chi connectivity index (χ3v) is 4.31. The van der Waals surface area contributed by atoms with E-state index >= 15 is 0 Å². The lowest BCUT2D eigenvalue weighted by molar-refractivity contribution is 0.309. The molecule has 1 aromatic heterocycles. The van der Waals surface area contributed by atoms with Crippen LogP contribution < -0.4 is 10.1 Å². The third-order valence-electron chi connectivity index (χ3n) is 2.58. The minimum absolute atomic E-state index is 0.521. The Morgan fingerprint density at radius 3 is 2.74 bits per heavy atom. The SMILES string of the molecule is CC(C)NCc1ccc(COc2cccc(I)c2)s1. The molecule has 0 fully saturated rings. The van der Waals surface area contributed by atoms with Crippen LogP contribution in [0.4, 0.5) is 0 Å². The Kier molecular flexibility index (Phi) is 5.66. The lowest BCUT2D eigenvalue weighted by Crippen LogP contribution is -2.21. The highest BCUT2D eigenvalue weighted by Gasteiger charge is 2.02. The predicted octanol–water partition coefficient (Wildman–Crippen LogP) is 4.43. The maximum atomic E-state index is 5.80. The number of nitrogens with one attached hydrogen (secondary N) is 1. The van der Waals surface area contributed by atoms with Crippen LogP contribution in [0, 0.1) is 3.57 Å². The topological polar surface area (TPSA) is 21.3 Å². The molecule has 0 bridgehead atoms. The van der Waals surface area contributed by atoms with Gasteiger partial charge in [-0.3, -0.25) is 0 Å². The molecule has 1 N–H and O–H groups in total. The summed E-state index contributed by atoms with van der Waals surface area (Å²) in [6, 6.07) is 13.0. The summed E-state index contributed by atoms with van der Waals surface area (Å²) in [5.74, 6) is 0.933. The molecule has 0 saturated carbocycles. The average Bonchev–Trinajstić information content (AvgIpc) is 2.82. The molecule has 0 radical (unpaired) electrons. The van der Waals surface area contributed by atoms with E-state index in [1.54, 1.807) is 0 Å². The van der Waals surface area contributed by atoms with Gasteiger partial charge in [0, 0.05) is 25.9 Å². The van der Waals surface area contributed by atoms with E-state index in [-0.39, 0.29) is 0 Å². The van der Waals surface area contributed by atoms with Gasteiger partial charge in [0.15, 0.2) is 0 Å². The van der Waals surface area contributed by atoms with E-state index in [4.69, 9.17) is 4.74 Å². The Labute approximate surface area is 132 Å². The first kappa shape index (κ1) is 14.8. The van der Waals surface area contributed by atoms with Crippen LogP contribution in [0.2, 0.25) is 0 Å². The first-order chi connectivity index (χ1) is 9.13. The van der Waals surface area contributed by atoms with Crippen molar-refractivity contribution in [3.63, 3.8) is 0 Å². The van der Waals surface area contributed by atoms with Crippen LogP contribution in [-0.4, -0.2) is 6.04 Å². The van der Waals surface area contributed by atoms with E-state index in [9.17, 15) is 0 Å². The zero-order valence-corrected chi connectivity index (χ0v) is 14.1. The summed E-state index contributed by atoms with van der Waals surface area (Å²) < 4.78 is 6.99. The molecule has 1 heterocycles. The molecule has 19 heavy (non-hydrogen) atoms.